The monoisotopic (exact) mass is 608 g/mol. The molecule has 1 heterocycles. The third-order valence-corrected chi connectivity index (χ3v) is 7.68. The number of carbonyl (C=O) groups is 1. The van der Waals surface area contributed by atoms with E-state index in [1.807, 2.05) is 30.0 Å². The van der Waals surface area contributed by atoms with E-state index >= 15 is 0 Å². The Kier molecular flexibility index (Phi) is 15.2. The zero-order valence-electron chi connectivity index (χ0n) is 22.3. The summed E-state index contributed by atoms with van der Waals surface area (Å²) in [6, 6.07) is 13.2. The molecular formula is C30H42BrClN2O2S. The molecule has 204 valence electrons. The second-order valence-electron chi connectivity index (χ2n) is 9.59. The van der Waals surface area contributed by atoms with Gasteiger partial charge in [-0.3, -0.25) is 4.79 Å². The summed E-state index contributed by atoms with van der Waals surface area (Å²) >= 11 is 8.19. The number of thioether (sulfide) groups is 1. The Bertz CT molecular complexity index is 1000. The molecule has 0 saturated heterocycles. The van der Waals surface area contributed by atoms with Crippen molar-refractivity contribution in [3.63, 3.8) is 0 Å². The summed E-state index contributed by atoms with van der Waals surface area (Å²) in [6.07, 6.45) is 15.0. The van der Waals surface area contributed by atoms with Gasteiger partial charge in [-0.25, -0.2) is 0 Å². The van der Waals surface area contributed by atoms with E-state index in [2.05, 4.69) is 36.3 Å². The average molecular weight is 610 g/mol. The van der Waals surface area contributed by atoms with Crippen LogP contribution in [0.25, 0.3) is 0 Å². The Morgan fingerprint density at radius 1 is 1.00 bits per heavy atom. The zero-order valence-corrected chi connectivity index (χ0v) is 25.6. The van der Waals surface area contributed by atoms with Crippen LogP contribution in [0.2, 0.25) is 5.02 Å². The molecular weight excluding hydrogens is 568 g/mol. The van der Waals surface area contributed by atoms with Crippen LogP contribution in [0, 0.1) is 0 Å². The highest BCUT2D eigenvalue weighted by molar-refractivity contribution is 8.93. The summed E-state index contributed by atoms with van der Waals surface area (Å²) in [5.41, 5.74) is 2.49. The summed E-state index contributed by atoms with van der Waals surface area (Å²) in [5, 5.41) is 3.55. The quantitative estimate of drug-likeness (QED) is 0.192. The first-order chi connectivity index (χ1) is 17.5. The highest BCUT2D eigenvalue weighted by Crippen LogP contribution is 2.28. The number of hydrogen-bond donors (Lipinski definition) is 1. The van der Waals surface area contributed by atoms with Gasteiger partial charge in [0.2, 0.25) is 0 Å². The van der Waals surface area contributed by atoms with Gasteiger partial charge in [0.1, 0.15) is 5.75 Å². The average Bonchev–Trinajstić information content (AvgIpc) is 3.28. The molecule has 0 spiro atoms. The third-order valence-electron chi connectivity index (χ3n) is 6.34. The number of rotatable bonds is 16. The molecule has 0 aliphatic carbocycles. The SMILES string of the molecule is Br.CCCCCCCCCCCCOc1cc(C(=O)Nc2cccc(CN3C=C(C)SC3)c2)ccc1Cl. The van der Waals surface area contributed by atoms with Crippen LogP contribution in [0.15, 0.2) is 53.6 Å². The van der Waals surface area contributed by atoms with E-state index in [0.717, 1.165) is 36.5 Å². The number of amides is 1. The minimum absolute atomic E-state index is 0. The van der Waals surface area contributed by atoms with Gasteiger partial charge < -0.3 is 15.0 Å². The van der Waals surface area contributed by atoms with Crippen molar-refractivity contribution >= 4 is 51.9 Å². The van der Waals surface area contributed by atoms with Crippen LogP contribution in [0.1, 0.15) is 94.0 Å². The molecule has 1 N–H and O–H groups in total. The minimum Gasteiger partial charge on any atom is -0.492 e. The molecule has 0 fully saturated rings. The Morgan fingerprint density at radius 3 is 2.38 bits per heavy atom. The van der Waals surface area contributed by atoms with E-state index in [4.69, 9.17) is 16.3 Å². The molecule has 0 unspecified atom stereocenters. The van der Waals surface area contributed by atoms with Crippen LogP contribution in [0.4, 0.5) is 5.69 Å². The van der Waals surface area contributed by atoms with Crippen LogP contribution in [-0.2, 0) is 6.54 Å². The third kappa shape index (κ3) is 11.7. The summed E-state index contributed by atoms with van der Waals surface area (Å²) in [4.78, 5) is 16.5. The van der Waals surface area contributed by atoms with E-state index in [9.17, 15) is 4.79 Å². The van der Waals surface area contributed by atoms with Gasteiger partial charge in [0.25, 0.3) is 5.91 Å². The maximum Gasteiger partial charge on any atom is 0.255 e. The first-order valence-electron chi connectivity index (χ1n) is 13.4. The minimum atomic E-state index is -0.167. The molecule has 0 saturated carbocycles. The fourth-order valence-corrected chi connectivity index (χ4v) is 5.25. The van der Waals surface area contributed by atoms with Crippen LogP contribution in [-0.4, -0.2) is 23.3 Å². The largest absolute Gasteiger partial charge is 0.492 e. The van der Waals surface area contributed by atoms with Crippen LogP contribution in [0.3, 0.4) is 0 Å². The van der Waals surface area contributed by atoms with Gasteiger partial charge in [-0.2, -0.15) is 0 Å². The molecule has 0 bridgehead atoms. The van der Waals surface area contributed by atoms with E-state index in [1.54, 1.807) is 18.2 Å². The van der Waals surface area contributed by atoms with Crippen LogP contribution < -0.4 is 10.1 Å². The standard InChI is InChI=1S/C30H41ClN2O2S.BrH/c1-3-4-5-6-7-8-9-10-11-12-18-35-29-20-26(16-17-28(29)31)30(34)32-27-15-13-14-25(19-27)22-33-21-24(2)36-23-33;/h13-17,19-21H,3-12,18,22-23H2,1-2H3,(H,32,34);1H. The first kappa shape index (κ1) is 31.6. The summed E-state index contributed by atoms with van der Waals surface area (Å²) in [6.45, 7) is 5.83. The van der Waals surface area contributed by atoms with Crippen molar-refractivity contribution in [1.29, 1.82) is 0 Å². The van der Waals surface area contributed by atoms with E-state index in [1.165, 1.54) is 56.3 Å². The fourth-order valence-electron chi connectivity index (χ4n) is 4.32. The number of hydrogen-bond acceptors (Lipinski definition) is 4. The van der Waals surface area contributed by atoms with Crippen molar-refractivity contribution in [2.75, 3.05) is 17.8 Å². The second kappa shape index (κ2) is 17.8. The van der Waals surface area contributed by atoms with Gasteiger partial charge in [-0.15, -0.1) is 28.7 Å². The van der Waals surface area contributed by atoms with Gasteiger partial charge in [-0.1, -0.05) is 88.4 Å². The van der Waals surface area contributed by atoms with Crippen molar-refractivity contribution in [3.05, 3.63) is 69.7 Å². The molecule has 2 aromatic carbocycles. The number of unbranched alkanes of at least 4 members (excludes halogenated alkanes) is 9. The molecule has 0 aromatic heterocycles. The molecule has 1 aliphatic heterocycles. The zero-order chi connectivity index (χ0) is 25.6. The Hall–Kier alpha value is -1.63. The van der Waals surface area contributed by atoms with Gasteiger partial charge in [0.15, 0.2) is 0 Å². The molecule has 0 radical (unpaired) electrons. The number of allylic oxidation sites excluding steroid dienone is 1. The summed E-state index contributed by atoms with van der Waals surface area (Å²) < 4.78 is 5.93. The van der Waals surface area contributed by atoms with Crippen molar-refractivity contribution in [2.45, 2.75) is 84.6 Å². The normalized spacial score (nSPS) is 12.7. The van der Waals surface area contributed by atoms with Crippen LogP contribution >= 0.6 is 40.3 Å². The number of carbonyl (C=O) groups excluding carboxylic acids is 1. The first-order valence-corrected chi connectivity index (χ1v) is 14.8. The Labute approximate surface area is 243 Å². The van der Waals surface area contributed by atoms with Gasteiger partial charge in [0, 0.05) is 24.0 Å². The highest BCUT2D eigenvalue weighted by atomic mass is 79.9. The van der Waals surface area contributed by atoms with E-state index < -0.39 is 0 Å². The number of halogens is 2. The molecule has 3 rings (SSSR count). The lowest BCUT2D eigenvalue weighted by atomic mass is 10.1. The molecule has 1 amide bonds. The van der Waals surface area contributed by atoms with Crippen molar-refractivity contribution in [3.8, 4) is 5.75 Å². The van der Waals surface area contributed by atoms with Crippen molar-refractivity contribution in [2.24, 2.45) is 0 Å². The van der Waals surface area contributed by atoms with Gasteiger partial charge >= 0.3 is 0 Å². The Morgan fingerprint density at radius 2 is 1.70 bits per heavy atom. The lowest BCUT2D eigenvalue weighted by molar-refractivity contribution is 0.102. The summed E-state index contributed by atoms with van der Waals surface area (Å²) in [5.74, 6) is 1.37. The van der Waals surface area contributed by atoms with Crippen LogP contribution in [0.5, 0.6) is 5.75 Å². The van der Waals surface area contributed by atoms with Gasteiger partial charge in [-0.05, 0) is 54.1 Å². The molecule has 2 aromatic rings. The molecule has 37 heavy (non-hydrogen) atoms. The lowest BCUT2D eigenvalue weighted by Gasteiger charge is -2.15. The maximum absolute atomic E-state index is 12.9. The Balaban J connectivity index is 0.00000481. The van der Waals surface area contributed by atoms with Crippen molar-refractivity contribution in [1.82, 2.24) is 4.90 Å². The topological polar surface area (TPSA) is 41.6 Å². The molecule has 1 aliphatic rings. The second-order valence-corrected chi connectivity index (χ2v) is 11.2. The van der Waals surface area contributed by atoms with E-state index in [-0.39, 0.29) is 22.9 Å². The number of nitrogens with one attached hydrogen (secondary N) is 1. The van der Waals surface area contributed by atoms with Gasteiger partial charge in [0.05, 0.1) is 17.5 Å². The number of anilines is 1. The number of nitrogens with zero attached hydrogens (tertiary/aromatic N) is 1. The smallest absolute Gasteiger partial charge is 0.255 e. The predicted octanol–water partition coefficient (Wildman–Crippen LogP) is 9.84. The molecule has 0 atom stereocenters. The van der Waals surface area contributed by atoms with Crippen molar-refractivity contribution < 1.29 is 9.53 Å². The lowest BCUT2D eigenvalue weighted by Crippen LogP contribution is -2.14. The number of benzene rings is 2. The molecule has 4 nitrogen and oxygen atoms in total. The molecule has 7 heteroatoms. The number of ether oxygens (including phenoxy) is 1. The predicted molar refractivity (Wildman–Crippen MR) is 165 cm³/mol. The highest BCUT2D eigenvalue weighted by Gasteiger charge is 2.13. The fraction of sp³-hybridized carbons (Fsp3) is 0.500. The maximum atomic E-state index is 12.9. The summed E-state index contributed by atoms with van der Waals surface area (Å²) in [7, 11) is 0. The van der Waals surface area contributed by atoms with E-state index in [0.29, 0.717) is 22.9 Å².